The van der Waals surface area contributed by atoms with Gasteiger partial charge in [-0.05, 0) is 115 Å². The molecular formula is C38H56O4. The molecule has 0 spiro atoms. The van der Waals surface area contributed by atoms with E-state index in [-0.39, 0.29) is 17.5 Å². The Morgan fingerprint density at radius 3 is 2.50 bits per heavy atom. The molecule has 3 fully saturated rings. The minimum absolute atomic E-state index is 0.0279. The van der Waals surface area contributed by atoms with Crippen LogP contribution in [0.2, 0.25) is 0 Å². The minimum atomic E-state index is -0.263. The summed E-state index contributed by atoms with van der Waals surface area (Å²) in [6.07, 6.45) is 19.9. The van der Waals surface area contributed by atoms with Crippen LogP contribution in [0.5, 0.6) is 11.5 Å². The Hall–Kier alpha value is -2.23. The molecule has 4 heteroatoms. The van der Waals surface area contributed by atoms with E-state index in [1.54, 1.807) is 31.9 Å². The van der Waals surface area contributed by atoms with Crippen LogP contribution in [0.3, 0.4) is 0 Å². The van der Waals surface area contributed by atoms with E-state index < -0.39 is 0 Å². The van der Waals surface area contributed by atoms with Crippen LogP contribution in [-0.2, 0) is 9.53 Å². The van der Waals surface area contributed by atoms with Gasteiger partial charge in [0.2, 0.25) is 0 Å². The van der Waals surface area contributed by atoms with Crippen LogP contribution in [-0.4, -0.2) is 26.3 Å². The summed E-state index contributed by atoms with van der Waals surface area (Å²) < 4.78 is 16.7. The second kappa shape index (κ2) is 12.8. The summed E-state index contributed by atoms with van der Waals surface area (Å²) in [5.41, 5.74) is 3.23. The fourth-order valence-electron chi connectivity index (χ4n) is 10.1. The summed E-state index contributed by atoms with van der Waals surface area (Å²) in [6.45, 7) is 12.5. The maximum atomic E-state index is 12.8. The van der Waals surface area contributed by atoms with Gasteiger partial charge in [-0.3, -0.25) is 0 Å². The molecule has 4 nitrogen and oxygen atoms in total. The number of ether oxygens (including phenoxy) is 3. The molecule has 0 aliphatic heterocycles. The number of hydrogen-bond donors (Lipinski definition) is 0. The SMILES string of the molecule is COc1ccc(/C=C/C(=O)O[C@H]2CC[C@@]3(C)C(=CCC4C5CCC(C(C)CCCC(C)C)[C@@]5(C)CCC43)C2)cc1OC. The van der Waals surface area contributed by atoms with Crippen molar-refractivity contribution >= 4 is 12.0 Å². The van der Waals surface area contributed by atoms with Crippen LogP contribution in [0.15, 0.2) is 35.9 Å². The van der Waals surface area contributed by atoms with Gasteiger partial charge in [0.05, 0.1) is 14.2 Å². The molecule has 0 N–H and O–H groups in total. The van der Waals surface area contributed by atoms with Crippen molar-refractivity contribution in [3.05, 3.63) is 41.5 Å². The van der Waals surface area contributed by atoms with E-state index in [1.165, 1.54) is 51.4 Å². The van der Waals surface area contributed by atoms with Crippen LogP contribution < -0.4 is 9.47 Å². The van der Waals surface area contributed by atoms with Crippen molar-refractivity contribution in [2.75, 3.05) is 14.2 Å². The third-order valence-corrected chi connectivity index (χ3v) is 12.4. The number of methoxy groups -OCH3 is 2. The maximum Gasteiger partial charge on any atom is 0.331 e. The molecule has 5 rings (SSSR count). The lowest BCUT2D eigenvalue weighted by Crippen LogP contribution is -2.51. The largest absolute Gasteiger partial charge is 0.493 e. The summed E-state index contributed by atoms with van der Waals surface area (Å²) >= 11 is 0. The zero-order chi connectivity index (χ0) is 30.1. The summed E-state index contributed by atoms with van der Waals surface area (Å²) in [5, 5.41) is 0. The molecule has 1 aromatic carbocycles. The number of carbonyl (C=O) groups excluding carboxylic acids is 1. The number of carbonyl (C=O) groups is 1. The molecule has 5 unspecified atom stereocenters. The number of hydrogen-bond acceptors (Lipinski definition) is 4. The maximum absolute atomic E-state index is 12.8. The summed E-state index contributed by atoms with van der Waals surface area (Å²) in [7, 11) is 3.24. The van der Waals surface area contributed by atoms with Crippen LogP contribution in [0.1, 0.15) is 111 Å². The van der Waals surface area contributed by atoms with Gasteiger partial charge in [0, 0.05) is 12.5 Å². The Labute approximate surface area is 255 Å². The first-order chi connectivity index (χ1) is 20.1. The second-order valence-corrected chi connectivity index (χ2v) is 15.0. The van der Waals surface area contributed by atoms with Crippen molar-refractivity contribution in [2.24, 2.45) is 46.3 Å². The highest BCUT2D eigenvalue weighted by molar-refractivity contribution is 5.87. The Morgan fingerprint density at radius 2 is 1.76 bits per heavy atom. The molecule has 0 saturated heterocycles. The van der Waals surface area contributed by atoms with Gasteiger partial charge in [-0.2, -0.15) is 0 Å². The Bertz CT molecular complexity index is 1170. The third-order valence-electron chi connectivity index (χ3n) is 12.4. The van der Waals surface area contributed by atoms with E-state index in [2.05, 4.69) is 40.7 Å². The first-order valence-corrected chi connectivity index (χ1v) is 16.9. The van der Waals surface area contributed by atoms with E-state index in [1.807, 2.05) is 18.2 Å². The van der Waals surface area contributed by atoms with Gasteiger partial charge in [0.15, 0.2) is 11.5 Å². The van der Waals surface area contributed by atoms with Gasteiger partial charge >= 0.3 is 5.97 Å². The molecule has 0 heterocycles. The molecule has 0 amide bonds. The molecule has 0 aromatic heterocycles. The van der Waals surface area contributed by atoms with Gasteiger partial charge in [0.25, 0.3) is 0 Å². The second-order valence-electron chi connectivity index (χ2n) is 15.0. The number of esters is 1. The van der Waals surface area contributed by atoms with E-state index >= 15 is 0 Å². The zero-order valence-electron chi connectivity index (χ0n) is 27.4. The van der Waals surface area contributed by atoms with E-state index in [0.717, 1.165) is 60.3 Å². The van der Waals surface area contributed by atoms with Crippen molar-refractivity contribution in [1.29, 1.82) is 0 Å². The minimum Gasteiger partial charge on any atom is -0.493 e. The van der Waals surface area contributed by atoms with E-state index in [4.69, 9.17) is 14.2 Å². The standard InChI is InChI=1S/C38H56O4/c1-25(2)9-8-10-26(3)31-15-16-32-30-14-13-28-24-29(19-21-37(28,4)33(30)20-22-38(31,32)5)42-36(39)18-12-27-11-17-34(40-6)35(23-27)41-7/h11-13,17-18,23,25-26,29-33H,8-10,14-16,19-22,24H2,1-7H3/b18-12+/t26?,29-,30?,31?,32?,33?,37-,38+/m0/s1. The molecule has 0 bridgehead atoms. The zero-order valence-corrected chi connectivity index (χ0v) is 27.4. The number of fused-ring (bicyclic) bond motifs is 5. The molecule has 3 saturated carbocycles. The lowest BCUT2D eigenvalue weighted by molar-refractivity contribution is -0.145. The summed E-state index contributed by atoms with van der Waals surface area (Å²) in [6, 6.07) is 5.63. The van der Waals surface area contributed by atoms with Crippen LogP contribution >= 0.6 is 0 Å². The van der Waals surface area contributed by atoms with Gasteiger partial charge in [0.1, 0.15) is 6.10 Å². The fourth-order valence-corrected chi connectivity index (χ4v) is 10.1. The Balaban J connectivity index is 1.20. The number of rotatable bonds is 10. The summed E-state index contributed by atoms with van der Waals surface area (Å²) in [5.74, 6) is 6.12. The normalized spacial score (nSPS) is 34.8. The van der Waals surface area contributed by atoms with E-state index in [9.17, 15) is 4.79 Å². The number of benzene rings is 1. The highest BCUT2D eigenvalue weighted by atomic mass is 16.5. The lowest BCUT2D eigenvalue weighted by atomic mass is 9.47. The molecule has 8 atom stereocenters. The molecule has 4 aliphatic rings. The van der Waals surface area contributed by atoms with Crippen LogP contribution in [0, 0.1) is 46.3 Å². The highest BCUT2D eigenvalue weighted by Gasteiger charge is 2.59. The first kappa shape index (κ1) is 31.2. The molecule has 232 valence electrons. The topological polar surface area (TPSA) is 44.8 Å². The number of allylic oxidation sites excluding steroid dienone is 1. The molecule has 0 radical (unpaired) electrons. The fraction of sp³-hybridized carbons (Fsp3) is 0.711. The highest BCUT2D eigenvalue weighted by Crippen LogP contribution is 2.67. The van der Waals surface area contributed by atoms with Gasteiger partial charge in [-0.1, -0.05) is 71.6 Å². The van der Waals surface area contributed by atoms with Crippen molar-refractivity contribution in [1.82, 2.24) is 0 Å². The Kier molecular flexibility index (Phi) is 9.50. The van der Waals surface area contributed by atoms with Gasteiger partial charge in [-0.15, -0.1) is 0 Å². The molecule has 42 heavy (non-hydrogen) atoms. The molecule has 4 aliphatic carbocycles. The average molecular weight is 577 g/mol. The van der Waals surface area contributed by atoms with Gasteiger partial charge < -0.3 is 14.2 Å². The quantitative estimate of drug-likeness (QED) is 0.158. The molecular weight excluding hydrogens is 520 g/mol. The predicted molar refractivity (Wildman–Crippen MR) is 172 cm³/mol. The van der Waals surface area contributed by atoms with E-state index in [0.29, 0.717) is 16.9 Å². The van der Waals surface area contributed by atoms with Crippen LogP contribution in [0.25, 0.3) is 6.08 Å². The smallest absolute Gasteiger partial charge is 0.331 e. The lowest BCUT2D eigenvalue weighted by Gasteiger charge is -2.58. The first-order valence-electron chi connectivity index (χ1n) is 16.9. The monoisotopic (exact) mass is 576 g/mol. The van der Waals surface area contributed by atoms with Gasteiger partial charge in [-0.25, -0.2) is 4.79 Å². The Morgan fingerprint density at radius 1 is 0.976 bits per heavy atom. The summed E-state index contributed by atoms with van der Waals surface area (Å²) in [4.78, 5) is 12.8. The average Bonchev–Trinajstić information content (AvgIpc) is 3.33. The van der Waals surface area contributed by atoms with Crippen molar-refractivity contribution in [3.63, 3.8) is 0 Å². The van der Waals surface area contributed by atoms with Crippen LogP contribution in [0.4, 0.5) is 0 Å². The van der Waals surface area contributed by atoms with Crippen molar-refractivity contribution < 1.29 is 19.0 Å². The van der Waals surface area contributed by atoms with Crippen molar-refractivity contribution in [2.45, 2.75) is 111 Å². The predicted octanol–water partition coefficient (Wildman–Crippen LogP) is 9.67. The third kappa shape index (κ3) is 6.06. The molecule has 1 aromatic rings. The van der Waals surface area contributed by atoms with Crippen molar-refractivity contribution in [3.8, 4) is 11.5 Å².